The number of nitrogens with one attached hydrogen (secondary N) is 1. The third-order valence-corrected chi connectivity index (χ3v) is 5.24. The minimum Gasteiger partial charge on any atom is -0.491 e. The first-order valence-electron chi connectivity index (χ1n) is 10.4. The van der Waals surface area contributed by atoms with Crippen molar-refractivity contribution in [2.45, 2.75) is 20.0 Å². The molecule has 31 heavy (non-hydrogen) atoms. The molecule has 5 rings (SSSR count). The van der Waals surface area contributed by atoms with Gasteiger partial charge in [-0.3, -0.25) is 5.10 Å². The second-order valence-electron chi connectivity index (χ2n) is 7.73. The summed E-state index contributed by atoms with van der Waals surface area (Å²) in [5.74, 6) is 2.48. The number of fused-ring (bicyclic) bond motifs is 1. The Hall–Kier alpha value is -3.75. The number of nitrogens with zero attached hydrogens (tertiary/aromatic N) is 7. The molecular formula is C22H24N8O. The highest BCUT2D eigenvalue weighted by molar-refractivity contribution is 5.93. The summed E-state index contributed by atoms with van der Waals surface area (Å²) >= 11 is 0. The van der Waals surface area contributed by atoms with Crippen molar-refractivity contribution in [3.05, 3.63) is 49.1 Å². The number of anilines is 2. The molecular weight excluding hydrogens is 392 g/mol. The van der Waals surface area contributed by atoms with Crippen molar-refractivity contribution in [1.29, 1.82) is 0 Å². The Morgan fingerprint density at radius 2 is 1.71 bits per heavy atom. The fraction of sp³-hybridized carbons (Fsp3) is 0.318. The van der Waals surface area contributed by atoms with Gasteiger partial charge in [0, 0.05) is 50.0 Å². The molecule has 9 heteroatoms. The molecule has 158 valence electrons. The molecule has 0 unspecified atom stereocenters. The third-order valence-electron chi connectivity index (χ3n) is 5.24. The molecule has 1 saturated heterocycles. The van der Waals surface area contributed by atoms with E-state index in [-0.39, 0.29) is 6.10 Å². The number of piperazine rings is 1. The van der Waals surface area contributed by atoms with Crippen LogP contribution in [-0.4, -0.2) is 62.4 Å². The van der Waals surface area contributed by atoms with Crippen LogP contribution in [0, 0.1) is 0 Å². The van der Waals surface area contributed by atoms with Crippen LogP contribution in [0.15, 0.2) is 49.1 Å². The van der Waals surface area contributed by atoms with E-state index in [2.05, 4.69) is 39.9 Å². The summed E-state index contributed by atoms with van der Waals surface area (Å²) in [6.07, 6.45) is 5.26. The Morgan fingerprint density at radius 3 is 2.48 bits per heavy atom. The molecule has 1 aliphatic heterocycles. The number of hydrogen-bond acceptors (Lipinski definition) is 8. The summed E-state index contributed by atoms with van der Waals surface area (Å²) in [5, 5.41) is 8.58. The Labute approximate surface area is 180 Å². The number of aromatic amines is 1. The summed E-state index contributed by atoms with van der Waals surface area (Å²) in [7, 11) is 0. The van der Waals surface area contributed by atoms with Crippen molar-refractivity contribution in [2.75, 3.05) is 36.0 Å². The van der Waals surface area contributed by atoms with Gasteiger partial charge >= 0.3 is 0 Å². The first-order chi connectivity index (χ1) is 15.2. The second kappa shape index (κ2) is 8.17. The fourth-order valence-corrected chi connectivity index (χ4v) is 3.77. The van der Waals surface area contributed by atoms with Gasteiger partial charge in [-0.1, -0.05) is 0 Å². The molecule has 4 aromatic rings. The molecule has 0 amide bonds. The number of ether oxygens (including phenoxy) is 1. The van der Waals surface area contributed by atoms with Gasteiger partial charge in [0.2, 0.25) is 5.95 Å². The monoisotopic (exact) mass is 416 g/mol. The standard InChI is InChI=1S/C22H24N8O/c1-15(2)31-16-4-5-18-17(12-16)21(28-27-18)19-13-20(26-14-25-19)29-8-10-30(11-9-29)22-23-6-3-7-24-22/h3-7,12-15H,8-11H2,1-2H3,(H,27,28). The zero-order valence-corrected chi connectivity index (χ0v) is 17.6. The molecule has 0 spiro atoms. The second-order valence-corrected chi connectivity index (χ2v) is 7.73. The van der Waals surface area contributed by atoms with Crippen LogP contribution in [0.4, 0.5) is 11.8 Å². The van der Waals surface area contributed by atoms with Crippen molar-refractivity contribution in [1.82, 2.24) is 30.1 Å². The third kappa shape index (κ3) is 3.98. The van der Waals surface area contributed by atoms with E-state index in [0.717, 1.165) is 66.0 Å². The number of rotatable bonds is 5. The molecule has 1 aromatic carbocycles. The predicted molar refractivity (Wildman–Crippen MR) is 119 cm³/mol. The van der Waals surface area contributed by atoms with E-state index in [1.54, 1.807) is 18.7 Å². The van der Waals surface area contributed by atoms with Crippen LogP contribution < -0.4 is 14.5 Å². The zero-order chi connectivity index (χ0) is 21.2. The molecule has 3 aromatic heterocycles. The highest BCUT2D eigenvalue weighted by atomic mass is 16.5. The lowest BCUT2D eigenvalue weighted by Gasteiger charge is -2.35. The molecule has 0 atom stereocenters. The summed E-state index contributed by atoms with van der Waals surface area (Å²) in [4.78, 5) is 22.1. The molecule has 0 radical (unpaired) electrons. The van der Waals surface area contributed by atoms with Gasteiger partial charge in [-0.2, -0.15) is 5.10 Å². The van der Waals surface area contributed by atoms with Gasteiger partial charge in [0.1, 0.15) is 23.6 Å². The van der Waals surface area contributed by atoms with Crippen LogP contribution in [0.25, 0.3) is 22.3 Å². The van der Waals surface area contributed by atoms with E-state index >= 15 is 0 Å². The Kier molecular flexibility index (Phi) is 5.07. The fourth-order valence-electron chi connectivity index (χ4n) is 3.77. The van der Waals surface area contributed by atoms with Gasteiger partial charge in [-0.25, -0.2) is 19.9 Å². The maximum atomic E-state index is 5.85. The summed E-state index contributed by atoms with van der Waals surface area (Å²) in [5.41, 5.74) is 2.53. The number of H-pyrrole nitrogens is 1. The van der Waals surface area contributed by atoms with Gasteiger partial charge < -0.3 is 14.5 Å². The van der Waals surface area contributed by atoms with E-state index in [0.29, 0.717) is 0 Å². The van der Waals surface area contributed by atoms with E-state index in [1.165, 1.54) is 0 Å². The normalized spacial score (nSPS) is 14.4. The van der Waals surface area contributed by atoms with E-state index in [9.17, 15) is 0 Å². The quantitative estimate of drug-likeness (QED) is 0.531. The lowest BCUT2D eigenvalue weighted by molar-refractivity contribution is 0.243. The highest BCUT2D eigenvalue weighted by Crippen LogP contribution is 2.30. The minimum absolute atomic E-state index is 0.110. The van der Waals surface area contributed by atoms with Crippen LogP contribution in [0.2, 0.25) is 0 Å². The first-order valence-corrected chi connectivity index (χ1v) is 10.4. The van der Waals surface area contributed by atoms with E-state index in [1.807, 2.05) is 44.2 Å². The van der Waals surface area contributed by atoms with Crippen LogP contribution in [-0.2, 0) is 0 Å². The maximum absolute atomic E-state index is 5.85. The largest absolute Gasteiger partial charge is 0.491 e. The van der Waals surface area contributed by atoms with Gasteiger partial charge in [0.05, 0.1) is 17.3 Å². The van der Waals surface area contributed by atoms with E-state index in [4.69, 9.17) is 4.74 Å². The molecule has 9 nitrogen and oxygen atoms in total. The van der Waals surface area contributed by atoms with Crippen molar-refractivity contribution < 1.29 is 4.74 Å². The number of aromatic nitrogens is 6. The predicted octanol–water partition coefficient (Wildman–Crippen LogP) is 2.92. The summed E-state index contributed by atoms with van der Waals surface area (Å²) < 4.78 is 5.85. The smallest absolute Gasteiger partial charge is 0.225 e. The lowest BCUT2D eigenvalue weighted by atomic mass is 10.1. The van der Waals surface area contributed by atoms with Gasteiger partial charge in [0.25, 0.3) is 0 Å². The van der Waals surface area contributed by atoms with Crippen LogP contribution in [0.1, 0.15) is 13.8 Å². The van der Waals surface area contributed by atoms with Gasteiger partial charge in [-0.05, 0) is 38.1 Å². The minimum atomic E-state index is 0.110. The van der Waals surface area contributed by atoms with Crippen molar-refractivity contribution >= 4 is 22.7 Å². The Balaban J connectivity index is 1.37. The van der Waals surface area contributed by atoms with Crippen molar-refractivity contribution in [2.24, 2.45) is 0 Å². The highest BCUT2D eigenvalue weighted by Gasteiger charge is 2.21. The van der Waals surface area contributed by atoms with E-state index < -0.39 is 0 Å². The average molecular weight is 416 g/mol. The van der Waals surface area contributed by atoms with Crippen LogP contribution >= 0.6 is 0 Å². The van der Waals surface area contributed by atoms with Crippen LogP contribution in [0.3, 0.4) is 0 Å². The summed E-state index contributed by atoms with van der Waals surface area (Å²) in [6.45, 7) is 7.38. The molecule has 0 aliphatic carbocycles. The molecule has 1 aliphatic rings. The molecule has 4 heterocycles. The molecule has 0 saturated carbocycles. The average Bonchev–Trinajstić information content (AvgIpc) is 3.23. The Bertz CT molecular complexity index is 1170. The van der Waals surface area contributed by atoms with Gasteiger partial charge in [-0.15, -0.1) is 0 Å². The lowest BCUT2D eigenvalue weighted by Crippen LogP contribution is -2.47. The number of benzene rings is 1. The van der Waals surface area contributed by atoms with Gasteiger partial charge in [0.15, 0.2) is 0 Å². The topological polar surface area (TPSA) is 96.0 Å². The number of hydrogen-bond donors (Lipinski definition) is 1. The van der Waals surface area contributed by atoms with Crippen molar-refractivity contribution in [3.63, 3.8) is 0 Å². The molecule has 1 fully saturated rings. The summed E-state index contributed by atoms with van der Waals surface area (Å²) in [6, 6.07) is 9.77. The SMILES string of the molecule is CC(C)Oc1ccc2[nH]nc(-c3cc(N4CCN(c5ncccn5)CC4)ncn3)c2c1. The molecule has 1 N–H and O–H groups in total. The Morgan fingerprint density at radius 1 is 0.935 bits per heavy atom. The zero-order valence-electron chi connectivity index (χ0n) is 17.6. The first kappa shape index (κ1) is 19.2. The van der Waals surface area contributed by atoms with Crippen LogP contribution in [0.5, 0.6) is 5.75 Å². The molecule has 0 bridgehead atoms. The maximum Gasteiger partial charge on any atom is 0.225 e. The van der Waals surface area contributed by atoms with Crippen molar-refractivity contribution in [3.8, 4) is 17.1 Å².